The predicted molar refractivity (Wildman–Crippen MR) is 38.6 cm³/mol. The smallest absolute Gasteiger partial charge is 0.205 e. The summed E-state index contributed by atoms with van der Waals surface area (Å²) < 4.78 is 141. The van der Waals surface area contributed by atoms with E-state index in [0.717, 1.165) is 0 Å². The molecule has 0 aromatic heterocycles. The maximum atomic E-state index is 12.6. The zero-order valence-electron chi connectivity index (χ0n) is 7.83. The van der Waals surface area contributed by atoms with Crippen molar-refractivity contribution in [3.63, 3.8) is 0 Å². The van der Waals surface area contributed by atoms with Crippen LogP contribution in [0.4, 0.5) is 43.9 Å². The van der Waals surface area contributed by atoms with Crippen molar-refractivity contribution in [3.8, 4) is 0 Å². The maximum Gasteiger partial charge on any atom is 0.472 e. The van der Waals surface area contributed by atoms with E-state index < -0.39 is 37.9 Å². The SMILES string of the molecule is O=S(=O)(Cl)C(F)(F)C(F)(F)N(C(F)(F)F)C(F)(F)F. The number of hydrogen-bond donors (Lipinski definition) is 0. The highest BCUT2D eigenvalue weighted by molar-refractivity contribution is 8.14. The molecular weight excluding hydrogens is 352 g/mol. The number of halogens is 11. The van der Waals surface area contributed by atoms with Gasteiger partial charge in [0.15, 0.2) is 0 Å². The van der Waals surface area contributed by atoms with Crippen LogP contribution in [0.1, 0.15) is 0 Å². The summed E-state index contributed by atoms with van der Waals surface area (Å²) in [4.78, 5) is -3.85. The van der Waals surface area contributed by atoms with Crippen LogP contribution in [0.25, 0.3) is 0 Å². The van der Waals surface area contributed by atoms with Gasteiger partial charge >= 0.3 is 33.0 Å². The standard InChI is InChI=1S/C4ClF10NO2S/c5-19(17,18)2(8,9)1(6,7)16(3(10,11)12)4(13,14)15. The van der Waals surface area contributed by atoms with Gasteiger partial charge in [-0.2, -0.15) is 43.9 Å². The number of rotatable bonds is 3. The second kappa shape index (κ2) is 4.51. The average Bonchev–Trinajstić information content (AvgIpc) is 1.92. The molecule has 0 atom stereocenters. The number of hydrogen-bond acceptors (Lipinski definition) is 3. The predicted octanol–water partition coefficient (Wildman–Crippen LogP) is 3.08. The lowest BCUT2D eigenvalue weighted by Crippen LogP contribution is -2.65. The van der Waals surface area contributed by atoms with Crippen LogP contribution in [0.2, 0.25) is 0 Å². The van der Waals surface area contributed by atoms with Crippen LogP contribution in [0.5, 0.6) is 0 Å². The maximum absolute atomic E-state index is 12.6. The molecule has 0 aliphatic rings. The van der Waals surface area contributed by atoms with E-state index in [4.69, 9.17) is 0 Å². The van der Waals surface area contributed by atoms with Gasteiger partial charge in [-0.25, -0.2) is 8.42 Å². The van der Waals surface area contributed by atoms with Crippen molar-refractivity contribution >= 4 is 19.7 Å². The van der Waals surface area contributed by atoms with Crippen LogP contribution < -0.4 is 0 Å². The molecule has 0 radical (unpaired) electrons. The molecule has 0 aromatic carbocycles. The minimum Gasteiger partial charge on any atom is -0.205 e. The van der Waals surface area contributed by atoms with E-state index >= 15 is 0 Å². The molecule has 116 valence electrons. The van der Waals surface area contributed by atoms with E-state index in [0.29, 0.717) is 0 Å². The molecule has 0 saturated carbocycles. The molecule has 0 saturated heterocycles. The van der Waals surface area contributed by atoms with Crippen molar-refractivity contribution in [1.82, 2.24) is 4.90 Å². The quantitative estimate of drug-likeness (QED) is 0.445. The number of nitrogens with zero attached hydrogens (tertiary/aromatic N) is 1. The summed E-state index contributed by atoms with van der Waals surface area (Å²) in [5.74, 6) is 0. The Labute approximate surface area is 102 Å². The van der Waals surface area contributed by atoms with Gasteiger partial charge in [-0.3, -0.25) is 0 Å². The van der Waals surface area contributed by atoms with Gasteiger partial charge in [-0.15, -0.1) is 0 Å². The zero-order chi connectivity index (χ0) is 16.1. The van der Waals surface area contributed by atoms with Crippen molar-refractivity contribution in [3.05, 3.63) is 0 Å². The highest BCUT2D eigenvalue weighted by Gasteiger charge is 2.79. The number of alkyl halides is 10. The average molecular weight is 352 g/mol. The fourth-order valence-electron chi connectivity index (χ4n) is 0.739. The van der Waals surface area contributed by atoms with E-state index in [1.165, 1.54) is 0 Å². The van der Waals surface area contributed by atoms with Gasteiger partial charge < -0.3 is 0 Å². The van der Waals surface area contributed by atoms with Gasteiger partial charge in [0.1, 0.15) is 0 Å². The first-order valence-electron chi connectivity index (χ1n) is 3.50. The molecule has 0 heterocycles. The molecule has 0 spiro atoms. The van der Waals surface area contributed by atoms with E-state index in [1.54, 1.807) is 0 Å². The molecule has 3 nitrogen and oxygen atoms in total. The first kappa shape index (κ1) is 18.5. The van der Waals surface area contributed by atoms with E-state index in [1.807, 2.05) is 0 Å². The fraction of sp³-hybridized carbons (Fsp3) is 1.00. The van der Waals surface area contributed by atoms with Crippen LogP contribution in [-0.2, 0) is 9.05 Å². The summed E-state index contributed by atoms with van der Waals surface area (Å²) in [5, 5.41) is -6.84. The second-order valence-corrected chi connectivity index (χ2v) is 5.37. The van der Waals surface area contributed by atoms with Crippen molar-refractivity contribution in [2.75, 3.05) is 0 Å². The summed E-state index contributed by atoms with van der Waals surface area (Å²) in [6.07, 6.45) is -14.1. The first-order chi connectivity index (χ1) is 7.87. The highest BCUT2D eigenvalue weighted by Crippen LogP contribution is 2.50. The summed E-state index contributed by atoms with van der Waals surface area (Å²) in [6, 6.07) is -7.20. The van der Waals surface area contributed by atoms with Crippen molar-refractivity contribution in [2.24, 2.45) is 0 Å². The lowest BCUT2D eigenvalue weighted by Gasteiger charge is -2.35. The largest absolute Gasteiger partial charge is 0.472 e. The first-order valence-corrected chi connectivity index (χ1v) is 5.81. The lowest BCUT2D eigenvalue weighted by molar-refractivity contribution is -0.459. The lowest BCUT2D eigenvalue weighted by atomic mass is 10.5. The Hall–Kier alpha value is -0.500. The van der Waals surface area contributed by atoms with Gasteiger partial charge in [-0.1, -0.05) is 4.90 Å². The molecule has 0 rings (SSSR count). The molecule has 19 heavy (non-hydrogen) atoms. The Bertz CT molecular complexity index is 423. The van der Waals surface area contributed by atoms with Crippen molar-refractivity contribution in [1.29, 1.82) is 0 Å². The fourth-order valence-corrected chi connectivity index (χ4v) is 1.40. The molecule has 0 unspecified atom stereocenters. The Kier molecular flexibility index (Phi) is 4.39. The minimum absolute atomic E-state index is 3.73. The molecule has 0 N–H and O–H groups in total. The van der Waals surface area contributed by atoms with Gasteiger partial charge in [0, 0.05) is 10.7 Å². The van der Waals surface area contributed by atoms with E-state index in [-0.39, 0.29) is 0 Å². The van der Waals surface area contributed by atoms with Crippen LogP contribution in [-0.4, -0.2) is 37.2 Å². The Morgan fingerprint density at radius 3 is 1.16 bits per heavy atom. The molecule has 0 aromatic rings. The molecule has 0 amide bonds. The van der Waals surface area contributed by atoms with Gasteiger partial charge in [-0.05, 0) is 0 Å². The van der Waals surface area contributed by atoms with Gasteiger partial charge in [0.2, 0.25) is 0 Å². The topological polar surface area (TPSA) is 37.4 Å². The van der Waals surface area contributed by atoms with E-state index in [9.17, 15) is 52.3 Å². The summed E-state index contributed by atoms with van der Waals surface area (Å²) in [6.45, 7) is 0. The third-order valence-electron chi connectivity index (χ3n) is 1.44. The van der Waals surface area contributed by atoms with Crippen LogP contribution in [0.15, 0.2) is 0 Å². The van der Waals surface area contributed by atoms with Crippen molar-refractivity contribution in [2.45, 2.75) is 23.9 Å². The third kappa shape index (κ3) is 3.34. The molecule has 15 heteroatoms. The van der Waals surface area contributed by atoms with Gasteiger partial charge in [0.25, 0.3) is 0 Å². The molecule has 0 aliphatic heterocycles. The monoisotopic (exact) mass is 351 g/mol. The normalized spacial score (nSPS) is 16.0. The molecule has 0 fully saturated rings. The molecule has 0 bridgehead atoms. The van der Waals surface area contributed by atoms with Gasteiger partial charge in [0.05, 0.1) is 0 Å². The zero-order valence-corrected chi connectivity index (χ0v) is 9.40. The summed E-state index contributed by atoms with van der Waals surface area (Å²) in [5.41, 5.74) is 0. The van der Waals surface area contributed by atoms with E-state index in [2.05, 4.69) is 10.7 Å². The highest BCUT2D eigenvalue weighted by atomic mass is 35.7. The summed E-state index contributed by atoms with van der Waals surface area (Å²) in [7, 11) is -3.04. The van der Waals surface area contributed by atoms with Crippen LogP contribution in [0.3, 0.4) is 0 Å². The second-order valence-electron chi connectivity index (χ2n) is 2.77. The minimum atomic E-state index is -7.20. The molecular formula is C4ClF10NO2S. The molecule has 0 aliphatic carbocycles. The van der Waals surface area contributed by atoms with Crippen LogP contribution in [0, 0.1) is 0 Å². The summed E-state index contributed by atoms with van der Waals surface area (Å²) >= 11 is 0. The van der Waals surface area contributed by atoms with Crippen LogP contribution >= 0.6 is 10.7 Å². The Morgan fingerprint density at radius 1 is 0.737 bits per heavy atom. The Morgan fingerprint density at radius 2 is 1.00 bits per heavy atom. The Balaban J connectivity index is 6.13. The third-order valence-corrected chi connectivity index (χ3v) is 2.88. The van der Waals surface area contributed by atoms with Crippen molar-refractivity contribution < 1.29 is 52.3 Å².